The Kier molecular flexibility index (Phi) is 5.91. The molecule has 0 N–H and O–H groups in total. The third-order valence-corrected chi connectivity index (χ3v) is 4.59. The van der Waals surface area contributed by atoms with Crippen molar-refractivity contribution in [3.8, 4) is 17.2 Å². The Morgan fingerprint density at radius 1 is 0.897 bits per heavy atom. The molecule has 1 heterocycles. The zero-order valence-corrected chi connectivity index (χ0v) is 16.0. The highest BCUT2D eigenvalue weighted by atomic mass is 16.5. The van der Waals surface area contributed by atoms with Gasteiger partial charge in [0.05, 0.1) is 18.8 Å². The highest BCUT2D eigenvalue weighted by Crippen LogP contribution is 2.31. The normalized spacial score (nSPS) is 13.1. The average Bonchev–Trinajstić information content (AvgIpc) is 3.02. The molecule has 0 atom stereocenters. The van der Waals surface area contributed by atoms with Crippen molar-refractivity contribution in [1.82, 2.24) is 0 Å². The maximum atomic E-state index is 12.8. The standard InChI is InChI=1S/C25H22O4/c26-22(13-11-19-12-14-24-25(17-19)28-16-6-15-27-24)21-9-4-5-10-23(21)29-18-20-7-2-1-3-8-20/h1-5,7-14,17H,6,15-16,18H2/b13-11+. The summed E-state index contributed by atoms with van der Waals surface area (Å²) < 4.78 is 17.2. The minimum Gasteiger partial charge on any atom is -0.490 e. The van der Waals surface area contributed by atoms with Gasteiger partial charge < -0.3 is 14.2 Å². The van der Waals surface area contributed by atoms with Gasteiger partial charge in [-0.25, -0.2) is 0 Å². The number of fused-ring (bicyclic) bond motifs is 1. The number of para-hydroxylation sites is 1. The first-order chi connectivity index (χ1) is 14.3. The van der Waals surface area contributed by atoms with Crippen LogP contribution in [0.15, 0.2) is 78.9 Å². The maximum absolute atomic E-state index is 12.8. The van der Waals surface area contributed by atoms with E-state index in [2.05, 4.69) is 0 Å². The lowest BCUT2D eigenvalue weighted by molar-refractivity contribution is 0.104. The van der Waals surface area contributed by atoms with Gasteiger partial charge in [-0.2, -0.15) is 0 Å². The van der Waals surface area contributed by atoms with E-state index in [1.807, 2.05) is 66.7 Å². The summed E-state index contributed by atoms with van der Waals surface area (Å²) in [6.45, 7) is 1.70. The second-order valence-corrected chi connectivity index (χ2v) is 6.72. The quantitative estimate of drug-likeness (QED) is 0.425. The molecule has 3 aromatic carbocycles. The number of benzene rings is 3. The van der Waals surface area contributed by atoms with Crippen molar-refractivity contribution in [1.29, 1.82) is 0 Å². The topological polar surface area (TPSA) is 44.8 Å². The Morgan fingerprint density at radius 3 is 2.52 bits per heavy atom. The molecular weight excluding hydrogens is 364 g/mol. The number of ketones is 1. The van der Waals surface area contributed by atoms with Crippen LogP contribution < -0.4 is 14.2 Å². The second kappa shape index (κ2) is 9.11. The Morgan fingerprint density at radius 2 is 1.66 bits per heavy atom. The molecule has 0 aromatic heterocycles. The lowest BCUT2D eigenvalue weighted by Crippen LogP contribution is -2.02. The summed E-state index contributed by atoms with van der Waals surface area (Å²) in [6.07, 6.45) is 4.20. The molecule has 1 aliphatic heterocycles. The molecule has 4 heteroatoms. The summed E-state index contributed by atoms with van der Waals surface area (Å²) in [5.41, 5.74) is 2.47. The number of ether oxygens (including phenoxy) is 3. The molecule has 0 unspecified atom stereocenters. The summed E-state index contributed by atoms with van der Waals surface area (Å²) in [5.74, 6) is 1.92. The number of allylic oxidation sites excluding steroid dienone is 1. The third kappa shape index (κ3) is 4.85. The second-order valence-electron chi connectivity index (χ2n) is 6.72. The van der Waals surface area contributed by atoms with Gasteiger partial charge in [-0.1, -0.05) is 54.6 Å². The Hall–Kier alpha value is -3.53. The molecule has 0 radical (unpaired) electrons. The molecular formula is C25H22O4. The van der Waals surface area contributed by atoms with Crippen LogP contribution in [-0.2, 0) is 6.61 Å². The minimum atomic E-state index is -0.110. The molecule has 3 aromatic rings. The average molecular weight is 386 g/mol. The van der Waals surface area contributed by atoms with Gasteiger partial charge in [-0.15, -0.1) is 0 Å². The molecule has 4 nitrogen and oxygen atoms in total. The molecule has 0 saturated carbocycles. The van der Waals surface area contributed by atoms with E-state index in [1.54, 1.807) is 18.2 Å². The lowest BCUT2D eigenvalue weighted by atomic mass is 10.1. The fourth-order valence-electron chi connectivity index (χ4n) is 3.08. The fourth-order valence-corrected chi connectivity index (χ4v) is 3.08. The zero-order chi connectivity index (χ0) is 19.9. The van der Waals surface area contributed by atoms with Crippen LogP contribution in [0.4, 0.5) is 0 Å². The molecule has 1 aliphatic rings. The molecule has 4 rings (SSSR count). The van der Waals surface area contributed by atoms with Crippen molar-refractivity contribution in [2.75, 3.05) is 13.2 Å². The predicted octanol–water partition coefficient (Wildman–Crippen LogP) is 5.32. The van der Waals surface area contributed by atoms with E-state index in [4.69, 9.17) is 14.2 Å². The first kappa shape index (κ1) is 18.8. The summed E-state index contributed by atoms with van der Waals surface area (Å²) in [5, 5.41) is 0. The summed E-state index contributed by atoms with van der Waals surface area (Å²) in [7, 11) is 0. The van der Waals surface area contributed by atoms with Crippen LogP contribution in [0, 0.1) is 0 Å². The number of hydrogen-bond acceptors (Lipinski definition) is 4. The van der Waals surface area contributed by atoms with Crippen molar-refractivity contribution in [3.63, 3.8) is 0 Å². The molecule has 0 aliphatic carbocycles. The van der Waals surface area contributed by atoms with E-state index in [1.165, 1.54) is 0 Å². The van der Waals surface area contributed by atoms with Crippen molar-refractivity contribution < 1.29 is 19.0 Å². The van der Waals surface area contributed by atoms with Crippen LogP contribution in [0.25, 0.3) is 6.08 Å². The number of carbonyl (C=O) groups excluding carboxylic acids is 1. The van der Waals surface area contributed by atoms with Gasteiger partial charge in [0.2, 0.25) is 0 Å². The summed E-state index contributed by atoms with van der Waals surface area (Å²) in [6, 6.07) is 22.9. The van der Waals surface area contributed by atoms with Crippen molar-refractivity contribution in [2.45, 2.75) is 13.0 Å². The molecule has 0 spiro atoms. The van der Waals surface area contributed by atoms with Gasteiger partial charge in [0.1, 0.15) is 12.4 Å². The molecule has 29 heavy (non-hydrogen) atoms. The molecule has 146 valence electrons. The first-order valence-electron chi connectivity index (χ1n) is 9.67. The maximum Gasteiger partial charge on any atom is 0.189 e. The van der Waals surface area contributed by atoms with Crippen LogP contribution >= 0.6 is 0 Å². The number of rotatable bonds is 6. The predicted molar refractivity (Wildman–Crippen MR) is 113 cm³/mol. The highest BCUT2D eigenvalue weighted by molar-refractivity contribution is 6.08. The van der Waals surface area contributed by atoms with Crippen LogP contribution in [-0.4, -0.2) is 19.0 Å². The van der Waals surface area contributed by atoms with E-state index in [-0.39, 0.29) is 5.78 Å². The van der Waals surface area contributed by atoms with Crippen LogP contribution in [0.1, 0.15) is 27.9 Å². The number of carbonyl (C=O) groups is 1. The van der Waals surface area contributed by atoms with Crippen molar-refractivity contribution >= 4 is 11.9 Å². The molecule has 0 fully saturated rings. The van der Waals surface area contributed by atoms with Gasteiger partial charge in [-0.05, 0) is 41.5 Å². The Labute approximate surface area is 170 Å². The Balaban J connectivity index is 1.48. The Bertz CT molecular complexity index is 1010. The van der Waals surface area contributed by atoms with Crippen LogP contribution in [0.2, 0.25) is 0 Å². The molecule has 0 amide bonds. The zero-order valence-electron chi connectivity index (χ0n) is 16.0. The van der Waals surface area contributed by atoms with Gasteiger partial charge >= 0.3 is 0 Å². The lowest BCUT2D eigenvalue weighted by Gasteiger charge is -2.10. The van der Waals surface area contributed by atoms with E-state index in [0.29, 0.717) is 36.9 Å². The molecule has 0 saturated heterocycles. The monoisotopic (exact) mass is 386 g/mol. The number of hydrogen-bond donors (Lipinski definition) is 0. The molecule has 0 bridgehead atoms. The van der Waals surface area contributed by atoms with E-state index in [0.717, 1.165) is 23.3 Å². The minimum absolute atomic E-state index is 0.110. The summed E-state index contributed by atoms with van der Waals surface area (Å²) in [4.78, 5) is 12.8. The van der Waals surface area contributed by atoms with E-state index < -0.39 is 0 Å². The van der Waals surface area contributed by atoms with Crippen LogP contribution in [0.3, 0.4) is 0 Å². The van der Waals surface area contributed by atoms with E-state index >= 15 is 0 Å². The highest BCUT2D eigenvalue weighted by Gasteiger charge is 2.12. The van der Waals surface area contributed by atoms with Gasteiger partial charge in [0.15, 0.2) is 17.3 Å². The third-order valence-electron chi connectivity index (χ3n) is 4.59. The van der Waals surface area contributed by atoms with Gasteiger partial charge in [0, 0.05) is 6.42 Å². The first-order valence-corrected chi connectivity index (χ1v) is 9.67. The summed E-state index contributed by atoms with van der Waals surface area (Å²) >= 11 is 0. The van der Waals surface area contributed by atoms with Crippen molar-refractivity contribution in [3.05, 3.63) is 95.6 Å². The smallest absolute Gasteiger partial charge is 0.189 e. The van der Waals surface area contributed by atoms with Gasteiger partial charge in [-0.3, -0.25) is 4.79 Å². The fraction of sp³-hybridized carbons (Fsp3) is 0.160. The SMILES string of the molecule is O=C(/C=C/c1ccc2c(c1)OCCCO2)c1ccccc1OCc1ccccc1. The van der Waals surface area contributed by atoms with Gasteiger partial charge in [0.25, 0.3) is 0 Å². The largest absolute Gasteiger partial charge is 0.490 e. The van der Waals surface area contributed by atoms with Crippen molar-refractivity contribution in [2.24, 2.45) is 0 Å². The van der Waals surface area contributed by atoms with Crippen LogP contribution in [0.5, 0.6) is 17.2 Å². The van der Waals surface area contributed by atoms with E-state index in [9.17, 15) is 4.79 Å².